The van der Waals surface area contributed by atoms with Crippen molar-refractivity contribution in [2.75, 3.05) is 0 Å². The van der Waals surface area contributed by atoms with E-state index < -0.39 is 11.7 Å². The summed E-state index contributed by atoms with van der Waals surface area (Å²) in [5.41, 5.74) is 1.49. The van der Waals surface area contributed by atoms with E-state index in [0.717, 1.165) is 5.56 Å². The van der Waals surface area contributed by atoms with E-state index in [1.54, 1.807) is 19.1 Å². The van der Waals surface area contributed by atoms with E-state index in [-0.39, 0.29) is 11.6 Å². The SMILES string of the molecule is Cc1cccc(C(=O)NC(C)Cc2ccccc2Cl)c1F. The number of hydrogen-bond donors (Lipinski definition) is 1. The van der Waals surface area contributed by atoms with Crippen LogP contribution in [0.25, 0.3) is 0 Å². The Morgan fingerprint density at radius 3 is 2.67 bits per heavy atom. The molecule has 0 heterocycles. The van der Waals surface area contributed by atoms with Gasteiger partial charge in [-0.25, -0.2) is 4.39 Å². The molecule has 0 aliphatic carbocycles. The van der Waals surface area contributed by atoms with Crippen LogP contribution in [0.2, 0.25) is 5.02 Å². The van der Waals surface area contributed by atoms with Crippen LogP contribution < -0.4 is 5.32 Å². The van der Waals surface area contributed by atoms with Crippen LogP contribution in [0.3, 0.4) is 0 Å². The summed E-state index contributed by atoms with van der Waals surface area (Å²) in [5, 5.41) is 3.47. The van der Waals surface area contributed by atoms with Crippen molar-refractivity contribution in [1.29, 1.82) is 0 Å². The van der Waals surface area contributed by atoms with Gasteiger partial charge in [0.25, 0.3) is 5.91 Å². The molecule has 0 saturated heterocycles. The summed E-state index contributed by atoms with van der Waals surface area (Å²) < 4.78 is 13.9. The first-order valence-corrected chi connectivity index (χ1v) is 7.16. The van der Waals surface area contributed by atoms with Gasteiger partial charge in [0, 0.05) is 11.1 Å². The first kappa shape index (κ1) is 15.5. The number of aryl methyl sites for hydroxylation is 1. The van der Waals surface area contributed by atoms with Crippen LogP contribution in [0.1, 0.15) is 28.4 Å². The Bertz CT molecular complexity index is 657. The molecule has 0 aliphatic heterocycles. The lowest BCUT2D eigenvalue weighted by molar-refractivity contribution is 0.0936. The highest BCUT2D eigenvalue weighted by atomic mass is 35.5. The van der Waals surface area contributed by atoms with Crippen molar-refractivity contribution in [3.8, 4) is 0 Å². The Labute approximate surface area is 128 Å². The zero-order valence-electron chi connectivity index (χ0n) is 12.0. The Kier molecular flexibility index (Phi) is 4.97. The highest BCUT2D eigenvalue weighted by Crippen LogP contribution is 2.17. The summed E-state index contributed by atoms with van der Waals surface area (Å²) in [6.07, 6.45) is 0.596. The van der Waals surface area contributed by atoms with Crippen molar-refractivity contribution >= 4 is 17.5 Å². The molecule has 2 aromatic rings. The van der Waals surface area contributed by atoms with E-state index in [1.165, 1.54) is 6.07 Å². The van der Waals surface area contributed by atoms with Gasteiger partial charge in [0.15, 0.2) is 0 Å². The maximum atomic E-state index is 13.9. The van der Waals surface area contributed by atoms with Crippen molar-refractivity contribution in [2.45, 2.75) is 26.3 Å². The minimum Gasteiger partial charge on any atom is -0.349 e. The van der Waals surface area contributed by atoms with Gasteiger partial charge in [-0.3, -0.25) is 4.79 Å². The van der Waals surface area contributed by atoms with Gasteiger partial charge in [-0.2, -0.15) is 0 Å². The zero-order valence-corrected chi connectivity index (χ0v) is 12.7. The highest BCUT2D eigenvalue weighted by molar-refractivity contribution is 6.31. The van der Waals surface area contributed by atoms with Crippen LogP contribution in [0.4, 0.5) is 4.39 Å². The summed E-state index contributed by atoms with van der Waals surface area (Å²) in [7, 11) is 0. The fourth-order valence-electron chi connectivity index (χ4n) is 2.17. The zero-order chi connectivity index (χ0) is 15.4. The first-order chi connectivity index (χ1) is 9.99. The molecule has 1 atom stereocenters. The Hall–Kier alpha value is -1.87. The predicted octanol–water partition coefficient (Wildman–Crippen LogP) is 4.15. The molecule has 1 amide bonds. The van der Waals surface area contributed by atoms with Crippen LogP contribution >= 0.6 is 11.6 Å². The van der Waals surface area contributed by atoms with E-state index in [2.05, 4.69) is 5.32 Å². The van der Waals surface area contributed by atoms with Gasteiger partial charge in [-0.1, -0.05) is 41.9 Å². The maximum absolute atomic E-state index is 13.9. The summed E-state index contributed by atoms with van der Waals surface area (Å²) in [4.78, 5) is 12.1. The number of hydrogen-bond acceptors (Lipinski definition) is 1. The molecule has 0 fully saturated rings. The fraction of sp³-hybridized carbons (Fsp3) is 0.235. The van der Waals surface area contributed by atoms with E-state index >= 15 is 0 Å². The van der Waals surface area contributed by atoms with E-state index in [9.17, 15) is 9.18 Å². The van der Waals surface area contributed by atoms with Gasteiger partial charge >= 0.3 is 0 Å². The van der Waals surface area contributed by atoms with Gasteiger partial charge in [0.2, 0.25) is 0 Å². The molecule has 2 rings (SSSR count). The maximum Gasteiger partial charge on any atom is 0.254 e. The second-order valence-corrected chi connectivity index (χ2v) is 5.51. The summed E-state index contributed by atoms with van der Waals surface area (Å²) >= 11 is 6.10. The van der Waals surface area contributed by atoms with Crippen molar-refractivity contribution in [2.24, 2.45) is 0 Å². The molecule has 0 aromatic heterocycles. The Morgan fingerprint density at radius 1 is 1.24 bits per heavy atom. The fourth-order valence-corrected chi connectivity index (χ4v) is 2.38. The number of halogens is 2. The van der Waals surface area contributed by atoms with E-state index in [0.29, 0.717) is 17.0 Å². The van der Waals surface area contributed by atoms with E-state index in [1.807, 2.05) is 31.2 Å². The Morgan fingerprint density at radius 2 is 1.95 bits per heavy atom. The quantitative estimate of drug-likeness (QED) is 0.903. The molecule has 2 aromatic carbocycles. The van der Waals surface area contributed by atoms with Crippen LogP contribution in [0.5, 0.6) is 0 Å². The minimum atomic E-state index is -0.472. The van der Waals surface area contributed by atoms with Crippen LogP contribution in [-0.2, 0) is 6.42 Å². The molecule has 1 N–H and O–H groups in total. The molecule has 4 heteroatoms. The third-order valence-corrected chi connectivity index (χ3v) is 3.67. The molecule has 2 nitrogen and oxygen atoms in total. The third-order valence-electron chi connectivity index (χ3n) is 3.30. The summed E-state index contributed by atoms with van der Waals surface area (Å²) in [6.45, 7) is 3.51. The lowest BCUT2D eigenvalue weighted by Crippen LogP contribution is -2.34. The molecule has 0 bridgehead atoms. The van der Waals surface area contributed by atoms with E-state index in [4.69, 9.17) is 11.6 Å². The number of carbonyl (C=O) groups excluding carboxylic acids is 1. The van der Waals surface area contributed by atoms with Crippen LogP contribution in [0, 0.1) is 12.7 Å². The van der Waals surface area contributed by atoms with Gasteiger partial charge in [-0.15, -0.1) is 0 Å². The molecule has 0 radical (unpaired) electrons. The number of carbonyl (C=O) groups is 1. The van der Waals surface area contributed by atoms with Gasteiger partial charge < -0.3 is 5.32 Å². The van der Waals surface area contributed by atoms with Crippen LogP contribution in [-0.4, -0.2) is 11.9 Å². The first-order valence-electron chi connectivity index (χ1n) is 6.78. The highest BCUT2D eigenvalue weighted by Gasteiger charge is 2.16. The van der Waals surface area contributed by atoms with Crippen molar-refractivity contribution in [1.82, 2.24) is 5.32 Å². The van der Waals surface area contributed by atoms with Crippen LogP contribution in [0.15, 0.2) is 42.5 Å². The summed E-state index contributed by atoms with van der Waals surface area (Å²) in [6, 6.07) is 12.1. The van der Waals surface area contributed by atoms with Gasteiger partial charge in [-0.05, 0) is 43.5 Å². The molecule has 110 valence electrons. The third kappa shape index (κ3) is 3.82. The molecular formula is C17H17ClFNO. The monoisotopic (exact) mass is 305 g/mol. The largest absolute Gasteiger partial charge is 0.349 e. The van der Waals surface area contributed by atoms with Crippen molar-refractivity contribution in [3.05, 3.63) is 70.0 Å². The van der Waals surface area contributed by atoms with Gasteiger partial charge in [0.1, 0.15) is 5.82 Å². The predicted molar refractivity (Wildman–Crippen MR) is 83.2 cm³/mol. The number of nitrogens with one attached hydrogen (secondary N) is 1. The standard InChI is InChI=1S/C17H17ClFNO/c1-11-6-5-8-14(16(11)19)17(21)20-12(2)10-13-7-3-4-9-15(13)18/h3-9,12H,10H2,1-2H3,(H,20,21). The number of rotatable bonds is 4. The minimum absolute atomic E-state index is 0.0704. The molecular weight excluding hydrogens is 289 g/mol. The van der Waals surface area contributed by atoms with Gasteiger partial charge in [0.05, 0.1) is 5.56 Å². The molecule has 0 aliphatic rings. The molecule has 0 saturated carbocycles. The number of benzene rings is 2. The lowest BCUT2D eigenvalue weighted by Gasteiger charge is -2.15. The Balaban J connectivity index is 2.06. The molecule has 21 heavy (non-hydrogen) atoms. The molecule has 1 unspecified atom stereocenters. The average Bonchev–Trinajstić information content (AvgIpc) is 2.44. The topological polar surface area (TPSA) is 29.1 Å². The van der Waals surface area contributed by atoms with Crippen molar-refractivity contribution in [3.63, 3.8) is 0 Å². The smallest absolute Gasteiger partial charge is 0.254 e. The molecule has 0 spiro atoms. The summed E-state index contributed by atoms with van der Waals surface area (Å²) in [5.74, 6) is -0.879. The number of amides is 1. The lowest BCUT2D eigenvalue weighted by atomic mass is 10.1. The second-order valence-electron chi connectivity index (χ2n) is 5.11. The average molecular weight is 306 g/mol. The normalized spacial score (nSPS) is 12.0. The second kappa shape index (κ2) is 6.72. The van der Waals surface area contributed by atoms with Crippen molar-refractivity contribution < 1.29 is 9.18 Å².